The van der Waals surface area contributed by atoms with Crippen molar-refractivity contribution in [3.8, 4) is 0 Å². The summed E-state index contributed by atoms with van der Waals surface area (Å²) >= 11 is 2.28. The Labute approximate surface area is 74.5 Å². The van der Waals surface area contributed by atoms with E-state index in [2.05, 4.69) is 22.6 Å². The summed E-state index contributed by atoms with van der Waals surface area (Å²) < 4.78 is 6.03. The minimum absolute atomic E-state index is 0.0184. The average Bonchev–Trinajstić information content (AvgIpc) is 2.69. The molecule has 1 aliphatic rings. The molecule has 0 spiro atoms. The summed E-state index contributed by atoms with van der Waals surface area (Å²) in [6.45, 7) is 0.609. The Kier molecular flexibility index (Phi) is 3.45. The monoisotopic (exact) mass is 254 g/mol. The van der Waals surface area contributed by atoms with Gasteiger partial charge in [0.1, 0.15) is 0 Å². The number of alkyl halides is 1. The lowest BCUT2D eigenvalue weighted by molar-refractivity contribution is -0.145. The third-order valence-electron chi connectivity index (χ3n) is 1.43. The third kappa shape index (κ3) is 2.86. The summed E-state index contributed by atoms with van der Waals surface area (Å²) in [5, 5.41) is 0. The van der Waals surface area contributed by atoms with Crippen LogP contribution in [0.4, 0.5) is 0 Å². The molecule has 58 valence electrons. The second-order valence-corrected chi connectivity index (χ2v) is 3.56. The first kappa shape index (κ1) is 8.30. The van der Waals surface area contributed by atoms with Crippen molar-refractivity contribution in [3.05, 3.63) is 0 Å². The summed E-state index contributed by atoms with van der Waals surface area (Å²) in [5.74, 6) is 0.277. The van der Waals surface area contributed by atoms with Crippen LogP contribution in [0.25, 0.3) is 0 Å². The first-order valence-corrected chi connectivity index (χ1v) is 5.09. The van der Waals surface area contributed by atoms with Crippen LogP contribution >= 0.6 is 22.6 Å². The first-order chi connectivity index (χ1) is 4.84. The minimum atomic E-state index is 0.0184. The van der Waals surface area contributed by atoms with Crippen molar-refractivity contribution < 1.29 is 9.53 Å². The van der Waals surface area contributed by atoms with E-state index < -0.39 is 0 Å². The van der Waals surface area contributed by atoms with E-state index in [0.29, 0.717) is 6.61 Å². The maximum atomic E-state index is 10.9. The first-order valence-electron chi connectivity index (χ1n) is 3.57. The van der Waals surface area contributed by atoms with Crippen LogP contribution in [0.15, 0.2) is 0 Å². The smallest absolute Gasteiger partial charge is 0.308 e. The van der Waals surface area contributed by atoms with Gasteiger partial charge in [-0.3, -0.25) is 4.79 Å². The van der Waals surface area contributed by atoms with E-state index in [1.54, 1.807) is 0 Å². The Hall–Kier alpha value is 0.200. The van der Waals surface area contributed by atoms with Crippen molar-refractivity contribution in [2.45, 2.75) is 19.3 Å². The van der Waals surface area contributed by atoms with E-state index in [4.69, 9.17) is 4.74 Å². The average molecular weight is 254 g/mol. The molecule has 0 amide bonds. The number of carbonyl (C=O) groups excluding carboxylic acids is 1. The molecule has 1 saturated carbocycles. The lowest BCUT2D eigenvalue weighted by Crippen LogP contribution is -2.07. The van der Waals surface area contributed by atoms with Crippen LogP contribution in [0.1, 0.15) is 19.3 Å². The maximum Gasteiger partial charge on any atom is 0.308 e. The number of carbonyl (C=O) groups is 1. The van der Waals surface area contributed by atoms with Gasteiger partial charge in [0, 0.05) is 4.43 Å². The van der Waals surface area contributed by atoms with Gasteiger partial charge < -0.3 is 4.74 Å². The van der Waals surface area contributed by atoms with E-state index in [1.165, 1.54) is 0 Å². The predicted molar refractivity (Wildman–Crippen MR) is 47.2 cm³/mol. The molecule has 0 atom stereocenters. The molecular weight excluding hydrogens is 243 g/mol. The fourth-order valence-electron chi connectivity index (χ4n) is 0.664. The second kappa shape index (κ2) is 4.16. The minimum Gasteiger partial charge on any atom is -0.465 e. The number of rotatable bonds is 4. The van der Waals surface area contributed by atoms with Crippen molar-refractivity contribution in [2.24, 2.45) is 5.92 Å². The van der Waals surface area contributed by atoms with Gasteiger partial charge in [0.05, 0.1) is 12.5 Å². The van der Waals surface area contributed by atoms with Gasteiger partial charge in [-0.1, -0.05) is 22.6 Å². The van der Waals surface area contributed by atoms with Gasteiger partial charge in [0.2, 0.25) is 0 Å². The lowest BCUT2D eigenvalue weighted by Gasteiger charge is -1.99. The molecule has 0 unspecified atom stereocenters. The molecule has 0 bridgehead atoms. The standard InChI is InChI=1S/C7H11IO2/c8-4-1-5-10-7(9)6-2-3-6/h6H,1-5H2. The summed E-state index contributed by atoms with van der Waals surface area (Å²) in [6, 6.07) is 0. The molecule has 0 aromatic carbocycles. The van der Waals surface area contributed by atoms with E-state index in [-0.39, 0.29) is 11.9 Å². The van der Waals surface area contributed by atoms with Crippen molar-refractivity contribution in [1.29, 1.82) is 0 Å². The number of halogens is 1. The molecular formula is C7H11IO2. The predicted octanol–water partition coefficient (Wildman–Crippen LogP) is 1.76. The fourth-order valence-corrected chi connectivity index (χ4v) is 0.976. The zero-order chi connectivity index (χ0) is 7.40. The maximum absolute atomic E-state index is 10.9. The van der Waals surface area contributed by atoms with Crippen LogP contribution in [0.2, 0.25) is 0 Å². The molecule has 0 saturated heterocycles. The van der Waals surface area contributed by atoms with Crippen molar-refractivity contribution in [1.82, 2.24) is 0 Å². The topological polar surface area (TPSA) is 26.3 Å². The van der Waals surface area contributed by atoms with Crippen LogP contribution in [0, 0.1) is 5.92 Å². The van der Waals surface area contributed by atoms with Crippen LogP contribution in [-0.4, -0.2) is 17.0 Å². The molecule has 0 N–H and O–H groups in total. The lowest BCUT2D eigenvalue weighted by atomic mass is 10.4. The van der Waals surface area contributed by atoms with Crippen LogP contribution < -0.4 is 0 Å². The van der Waals surface area contributed by atoms with E-state index in [1.807, 2.05) is 0 Å². The number of esters is 1. The highest BCUT2D eigenvalue weighted by molar-refractivity contribution is 14.1. The van der Waals surface area contributed by atoms with Gasteiger partial charge in [0.15, 0.2) is 0 Å². The zero-order valence-electron chi connectivity index (χ0n) is 5.81. The molecule has 0 radical (unpaired) electrons. The Balaban J connectivity index is 1.95. The summed E-state index contributed by atoms with van der Waals surface area (Å²) in [5.41, 5.74) is 0. The molecule has 0 aromatic heterocycles. The van der Waals surface area contributed by atoms with Crippen LogP contribution in [0.5, 0.6) is 0 Å². The number of ether oxygens (including phenoxy) is 1. The molecule has 2 nitrogen and oxygen atoms in total. The molecule has 0 aliphatic heterocycles. The third-order valence-corrected chi connectivity index (χ3v) is 2.20. The SMILES string of the molecule is O=C(OCCCI)C1CC1. The van der Waals surface area contributed by atoms with Gasteiger partial charge in [-0.15, -0.1) is 0 Å². The van der Waals surface area contributed by atoms with E-state index in [0.717, 1.165) is 23.7 Å². The molecule has 10 heavy (non-hydrogen) atoms. The largest absolute Gasteiger partial charge is 0.465 e. The van der Waals surface area contributed by atoms with Gasteiger partial charge in [-0.25, -0.2) is 0 Å². The molecule has 0 aromatic rings. The van der Waals surface area contributed by atoms with Crippen molar-refractivity contribution in [3.63, 3.8) is 0 Å². The van der Waals surface area contributed by atoms with Crippen LogP contribution in [-0.2, 0) is 9.53 Å². The molecule has 0 heterocycles. The Bertz CT molecular complexity index is 121. The van der Waals surface area contributed by atoms with Gasteiger partial charge in [-0.2, -0.15) is 0 Å². The molecule has 1 fully saturated rings. The summed E-state index contributed by atoms with van der Waals surface area (Å²) in [4.78, 5) is 10.9. The van der Waals surface area contributed by atoms with E-state index >= 15 is 0 Å². The highest BCUT2D eigenvalue weighted by atomic mass is 127. The highest BCUT2D eigenvalue weighted by Gasteiger charge is 2.30. The van der Waals surface area contributed by atoms with E-state index in [9.17, 15) is 4.79 Å². The highest BCUT2D eigenvalue weighted by Crippen LogP contribution is 2.29. The van der Waals surface area contributed by atoms with Crippen molar-refractivity contribution >= 4 is 28.6 Å². The fraction of sp³-hybridized carbons (Fsp3) is 0.857. The Morgan fingerprint density at radius 2 is 2.30 bits per heavy atom. The second-order valence-electron chi connectivity index (χ2n) is 2.48. The zero-order valence-corrected chi connectivity index (χ0v) is 7.96. The van der Waals surface area contributed by atoms with Gasteiger partial charge in [0.25, 0.3) is 0 Å². The molecule has 3 heteroatoms. The molecule has 1 rings (SSSR count). The quantitative estimate of drug-likeness (QED) is 0.331. The number of hydrogen-bond acceptors (Lipinski definition) is 2. The van der Waals surface area contributed by atoms with Gasteiger partial charge >= 0.3 is 5.97 Å². The van der Waals surface area contributed by atoms with Crippen molar-refractivity contribution in [2.75, 3.05) is 11.0 Å². The molecule has 1 aliphatic carbocycles. The number of hydrogen-bond donors (Lipinski definition) is 0. The van der Waals surface area contributed by atoms with Gasteiger partial charge in [-0.05, 0) is 19.3 Å². The Morgan fingerprint density at radius 3 is 2.80 bits per heavy atom. The summed E-state index contributed by atoms with van der Waals surface area (Å²) in [6.07, 6.45) is 3.07. The Morgan fingerprint density at radius 1 is 1.60 bits per heavy atom. The normalized spacial score (nSPS) is 16.9. The van der Waals surface area contributed by atoms with Crippen LogP contribution in [0.3, 0.4) is 0 Å². The summed E-state index contributed by atoms with van der Waals surface area (Å²) in [7, 11) is 0.